The van der Waals surface area contributed by atoms with Crippen molar-refractivity contribution in [3.8, 4) is 11.5 Å². The van der Waals surface area contributed by atoms with E-state index in [0.29, 0.717) is 18.4 Å². The molecule has 1 aromatic carbocycles. The highest BCUT2D eigenvalue weighted by molar-refractivity contribution is 5.93. The molecule has 4 rings (SSSR count). The van der Waals surface area contributed by atoms with Crippen LogP contribution in [0.15, 0.2) is 36.5 Å². The van der Waals surface area contributed by atoms with Crippen molar-refractivity contribution in [2.24, 2.45) is 0 Å². The van der Waals surface area contributed by atoms with E-state index in [1.165, 1.54) is 5.56 Å². The van der Waals surface area contributed by atoms with E-state index in [1.54, 1.807) is 13.1 Å². The molecule has 0 aliphatic carbocycles. The van der Waals surface area contributed by atoms with E-state index >= 15 is 0 Å². The van der Waals surface area contributed by atoms with E-state index in [1.807, 2.05) is 18.2 Å². The molecule has 0 bridgehead atoms. The molecule has 2 aromatic rings. The second-order valence-corrected chi connectivity index (χ2v) is 6.77. The van der Waals surface area contributed by atoms with Gasteiger partial charge in [-0.05, 0) is 43.7 Å². The van der Waals surface area contributed by atoms with Gasteiger partial charge in [0.1, 0.15) is 5.82 Å². The summed E-state index contributed by atoms with van der Waals surface area (Å²) in [5.41, 5.74) is 1.90. The number of hydrogen-bond donors (Lipinski definition) is 0. The minimum atomic E-state index is 0.0476. The number of Topliss-reactive ketones (excluding diaryl/α,β-unsaturated/α-hetero) is 1. The van der Waals surface area contributed by atoms with Gasteiger partial charge in [0, 0.05) is 44.0 Å². The Morgan fingerprint density at radius 1 is 1.08 bits per heavy atom. The van der Waals surface area contributed by atoms with Gasteiger partial charge in [-0.3, -0.25) is 9.69 Å². The Hall–Kier alpha value is -2.60. The zero-order chi connectivity index (χ0) is 18.1. The van der Waals surface area contributed by atoms with Gasteiger partial charge in [0.25, 0.3) is 0 Å². The number of fused-ring (bicyclic) bond motifs is 1. The predicted molar refractivity (Wildman–Crippen MR) is 99.0 cm³/mol. The molecule has 2 aliphatic rings. The van der Waals surface area contributed by atoms with Crippen LogP contribution in [-0.2, 0) is 0 Å². The van der Waals surface area contributed by atoms with E-state index < -0.39 is 0 Å². The van der Waals surface area contributed by atoms with Crippen LogP contribution < -0.4 is 14.4 Å². The van der Waals surface area contributed by atoms with Gasteiger partial charge < -0.3 is 14.4 Å². The third kappa shape index (κ3) is 3.24. The van der Waals surface area contributed by atoms with Gasteiger partial charge >= 0.3 is 0 Å². The van der Waals surface area contributed by atoms with Gasteiger partial charge in [-0.1, -0.05) is 6.07 Å². The smallest absolute Gasteiger partial charge is 0.231 e. The summed E-state index contributed by atoms with van der Waals surface area (Å²) in [6.45, 7) is 7.86. The van der Waals surface area contributed by atoms with Crippen molar-refractivity contribution in [2.75, 3.05) is 37.9 Å². The molecule has 3 heterocycles. The summed E-state index contributed by atoms with van der Waals surface area (Å²) < 4.78 is 10.9. The number of carbonyl (C=O) groups is 1. The lowest BCUT2D eigenvalue weighted by molar-refractivity contribution is 0.101. The van der Waals surface area contributed by atoms with Crippen LogP contribution in [0.3, 0.4) is 0 Å². The van der Waals surface area contributed by atoms with Crippen molar-refractivity contribution in [1.82, 2.24) is 9.88 Å². The molecule has 6 nitrogen and oxygen atoms in total. The van der Waals surface area contributed by atoms with Crippen LogP contribution in [0.4, 0.5) is 5.82 Å². The molecule has 0 radical (unpaired) electrons. The number of piperazine rings is 1. The third-order valence-electron chi connectivity index (χ3n) is 5.22. The first kappa shape index (κ1) is 16.8. The van der Waals surface area contributed by atoms with Crippen molar-refractivity contribution in [3.63, 3.8) is 0 Å². The molecule has 1 atom stereocenters. The number of nitrogens with zero attached hydrogens (tertiary/aromatic N) is 3. The normalized spacial score (nSPS) is 18.0. The van der Waals surface area contributed by atoms with E-state index in [0.717, 1.165) is 43.5 Å². The van der Waals surface area contributed by atoms with Gasteiger partial charge in [-0.2, -0.15) is 0 Å². The quantitative estimate of drug-likeness (QED) is 0.788. The number of ether oxygens (including phenoxy) is 2. The molecule has 1 aromatic heterocycles. The fourth-order valence-electron chi connectivity index (χ4n) is 3.50. The Kier molecular flexibility index (Phi) is 4.51. The topological polar surface area (TPSA) is 54.9 Å². The molecular formula is C20H23N3O3. The SMILES string of the molecule is CC(=O)c1ccc(N2CCN(C(C)c3ccc4c(c3)OCO4)CC2)nc1. The standard InChI is InChI=1S/C20H23N3O3/c1-14(16-3-5-18-19(11-16)26-13-25-18)22-7-9-23(10-8-22)20-6-4-17(12-21-20)15(2)24/h3-6,11-12,14H,7-10,13H2,1-2H3. The molecule has 26 heavy (non-hydrogen) atoms. The van der Waals surface area contributed by atoms with Crippen LogP contribution in [0.2, 0.25) is 0 Å². The molecule has 1 fully saturated rings. The number of carbonyl (C=O) groups excluding carboxylic acids is 1. The summed E-state index contributed by atoms with van der Waals surface area (Å²) in [7, 11) is 0. The van der Waals surface area contributed by atoms with Crippen molar-refractivity contribution in [2.45, 2.75) is 19.9 Å². The number of hydrogen-bond acceptors (Lipinski definition) is 6. The maximum atomic E-state index is 11.4. The van der Waals surface area contributed by atoms with Crippen molar-refractivity contribution >= 4 is 11.6 Å². The van der Waals surface area contributed by atoms with Crippen molar-refractivity contribution in [1.29, 1.82) is 0 Å². The maximum Gasteiger partial charge on any atom is 0.231 e. The first-order valence-corrected chi connectivity index (χ1v) is 8.97. The number of ketones is 1. The average molecular weight is 353 g/mol. The summed E-state index contributed by atoms with van der Waals surface area (Å²) in [6, 6.07) is 10.3. The second kappa shape index (κ2) is 6.96. The highest BCUT2D eigenvalue weighted by atomic mass is 16.7. The first-order valence-electron chi connectivity index (χ1n) is 8.97. The molecule has 0 N–H and O–H groups in total. The lowest BCUT2D eigenvalue weighted by Crippen LogP contribution is -2.47. The molecule has 0 spiro atoms. The van der Waals surface area contributed by atoms with Crippen LogP contribution in [0, 0.1) is 0 Å². The van der Waals surface area contributed by atoms with Gasteiger partial charge in [-0.25, -0.2) is 4.98 Å². The van der Waals surface area contributed by atoms with Crippen molar-refractivity contribution in [3.05, 3.63) is 47.7 Å². The fourth-order valence-corrected chi connectivity index (χ4v) is 3.50. The lowest BCUT2D eigenvalue weighted by atomic mass is 10.1. The highest BCUT2D eigenvalue weighted by Crippen LogP contribution is 2.35. The summed E-state index contributed by atoms with van der Waals surface area (Å²) in [6.07, 6.45) is 1.67. The largest absolute Gasteiger partial charge is 0.454 e. The molecule has 1 unspecified atom stereocenters. The molecule has 0 saturated carbocycles. The van der Waals surface area contributed by atoms with E-state index in [2.05, 4.69) is 33.8 Å². The molecule has 0 amide bonds. The number of rotatable bonds is 4. The molecule has 2 aliphatic heterocycles. The molecule has 136 valence electrons. The van der Waals surface area contributed by atoms with Gasteiger partial charge in [-0.15, -0.1) is 0 Å². The highest BCUT2D eigenvalue weighted by Gasteiger charge is 2.24. The number of aromatic nitrogens is 1. The first-order chi connectivity index (χ1) is 12.6. The lowest BCUT2D eigenvalue weighted by Gasteiger charge is -2.38. The van der Waals surface area contributed by atoms with Crippen LogP contribution in [0.5, 0.6) is 11.5 Å². The summed E-state index contributed by atoms with van der Waals surface area (Å²) in [5.74, 6) is 2.64. The third-order valence-corrected chi connectivity index (χ3v) is 5.22. The van der Waals surface area contributed by atoms with Crippen LogP contribution in [0.1, 0.15) is 35.8 Å². The Morgan fingerprint density at radius 3 is 2.54 bits per heavy atom. The zero-order valence-corrected chi connectivity index (χ0v) is 15.1. The zero-order valence-electron chi connectivity index (χ0n) is 15.1. The Labute approximate surface area is 153 Å². The number of pyridine rings is 1. The van der Waals surface area contributed by atoms with Gasteiger partial charge in [0.15, 0.2) is 17.3 Å². The van der Waals surface area contributed by atoms with E-state index in [-0.39, 0.29) is 5.78 Å². The molecule has 1 saturated heterocycles. The van der Waals surface area contributed by atoms with E-state index in [9.17, 15) is 4.79 Å². The fraction of sp³-hybridized carbons (Fsp3) is 0.400. The van der Waals surface area contributed by atoms with Crippen LogP contribution >= 0.6 is 0 Å². The molecular weight excluding hydrogens is 330 g/mol. The minimum absolute atomic E-state index is 0.0476. The summed E-state index contributed by atoms with van der Waals surface area (Å²) in [5, 5.41) is 0. The Balaban J connectivity index is 1.39. The molecule has 6 heteroatoms. The summed E-state index contributed by atoms with van der Waals surface area (Å²) >= 11 is 0. The average Bonchev–Trinajstić information content (AvgIpc) is 3.15. The van der Waals surface area contributed by atoms with Gasteiger partial charge in [0.2, 0.25) is 6.79 Å². The maximum absolute atomic E-state index is 11.4. The van der Waals surface area contributed by atoms with Gasteiger partial charge in [0.05, 0.1) is 0 Å². The van der Waals surface area contributed by atoms with Crippen LogP contribution in [-0.4, -0.2) is 48.6 Å². The van der Waals surface area contributed by atoms with Crippen LogP contribution in [0.25, 0.3) is 0 Å². The number of anilines is 1. The minimum Gasteiger partial charge on any atom is -0.454 e. The number of benzene rings is 1. The van der Waals surface area contributed by atoms with Crippen molar-refractivity contribution < 1.29 is 14.3 Å². The predicted octanol–water partition coefficient (Wildman–Crippen LogP) is 2.90. The summed E-state index contributed by atoms with van der Waals surface area (Å²) in [4.78, 5) is 20.6. The Morgan fingerprint density at radius 2 is 1.85 bits per heavy atom. The Bertz CT molecular complexity index is 798. The van der Waals surface area contributed by atoms with E-state index in [4.69, 9.17) is 9.47 Å². The monoisotopic (exact) mass is 353 g/mol. The second-order valence-electron chi connectivity index (χ2n) is 6.77.